The maximum absolute atomic E-state index is 2.50. The Bertz CT molecular complexity index is 2010. The second-order valence-corrected chi connectivity index (χ2v) is 16.1. The van der Waals surface area contributed by atoms with Crippen molar-refractivity contribution < 1.29 is 0 Å². The van der Waals surface area contributed by atoms with Crippen LogP contribution in [-0.2, 0) is 5.41 Å². The van der Waals surface area contributed by atoms with Crippen molar-refractivity contribution in [3.63, 3.8) is 0 Å². The molecule has 5 aromatic carbocycles. The number of benzene rings is 5. The minimum atomic E-state index is -0.106. The topological polar surface area (TPSA) is 3.24 Å². The fourth-order valence-electron chi connectivity index (χ4n) is 9.36. The monoisotopic (exact) mass is 631 g/mol. The van der Waals surface area contributed by atoms with E-state index in [-0.39, 0.29) is 5.41 Å². The Morgan fingerprint density at radius 1 is 0.553 bits per heavy atom. The summed E-state index contributed by atoms with van der Waals surface area (Å²) in [4.78, 5) is 2.50. The summed E-state index contributed by atoms with van der Waals surface area (Å²) >= 11 is 1.92. The molecule has 0 N–H and O–H groups in total. The van der Waals surface area contributed by atoms with Crippen LogP contribution in [0.5, 0.6) is 0 Å². The zero-order chi connectivity index (χ0) is 31.5. The summed E-state index contributed by atoms with van der Waals surface area (Å²) in [6.45, 7) is 4.88. The maximum atomic E-state index is 2.50. The molecule has 0 spiro atoms. The summed E-state index contributed by atoms with van der Waals surface area (Å²) in [5.74, 6) is 1.43. The molecule has 3 aliphatic carbocycles. The van der Waals surface area contributed by atoms with Gasteiger partial charge < -0.3 is 4.90 Å². The fraction of sp³-hybridized carbons (Fsp3) is 0.333. The van der Waals surface area contributed by atoms with Gasteiger partial charge in [-0.25, -0.2) is 0 Å². The van der Waals surface area contributed by atoms with Gasteiger partial charge in [0, 0.05) is 42.6 Å². The number of hydrogen-bond donors (Lipinski definition) is 0. The van der Waals surface area contributed by atoms with Crippen molar-refractivity contribution in [2.24, 2.45) is 0 Å². The molecular weight excluding hydrogens is 587 g/mol. The summed E-state index contributed by atoms with van der Waals surface area (Å²) in [6, 6.07) is 40.1. The summed E-state index contributed by atoms with van der Waals surface area (Å²) in [6.07, 6.45) is 13.6. The lowest BCUT2D eigenvalue weighted by Crippen LogP contribution is -2.17. The van der Waals surface area contributed by atoms with E-state index in [2.05, 4.69) is 122 Å². The number of fused-ring (bicyclic) bond motifs is 7. The molecule has 1 nitrogen and oxygen atoms in total. The molecule has 2 saturated carbocycles. The van der Waals surface area contributed by atoms with E-state index in [0.29, 0.717) is 11.8 Å². The van der Waals surface area contributed by atoms with Crippen LogP contribution in [-0.4, -0.2) is 0 Å². The van der Waals surface area contributed by atoms with Crippen LogP contribution in [0.2, 0.25) is 0 Å². The average Bonchev–Trinajstić information content (AvgIpc) is 3.61. The minimum Gasteiger partial charge on any atom is -0.310 e. The Balaban J connectivity index is 1.15. The first-order valence-corrected chi connectivity index (χ1v) is 19.0. The zero-order valence-electron chi connectivity index (χ0n) is 27.9. The number of rotatable bonds is 5. The lowest BCUT2D eigenvalue weighted by atomic mass is 9.80. The second kappa shape index (κ2) is 11.7. The number of anilines is 3. The van der Waals surface area contributed by atoms with Crippen LogP contribution in [0.3, 0.4) is 0 Å². The van der Waals surface area contributed by atoms with Crippen molar-refractivity contribution in [2.45, 2.75) is 95.3 Å². The van der Waals surface area contributed by atoms with E-state index in [0.717, 1.165) is 0 Å². The van der Waals surface area contributed by atoms with Crippen LogP contribution in [0, 0.1) is 0 Å². The van der Waals surface area contributed by atoms with Gasteiger partial charge in [-0.05, 0) is 119 Å². The first-order valence-electron chi connectivity index (χ1n) is 18.2. The van der Waals surface area contributed by atoms with Crippen molar-refractivity contribution >= 4 is 48.6 Å². The van der Waals surface area contributed by atoms with Crippen molar-refractivity contribution in [1.29, 1.82) is 0 Å². The first-order chi connectivity index (χ1) is 23.1. The molecule has 47 heavy (non-hydrogen) atoms. The third-order valence-corrected chi connectivity index (χ3v) is 13.0. The van der Waals surface area contributed by atoms with Gasteiger partial charge in [0.1, 0.15) is 0 Å². The molecule has 6 aromatic rings. The lowest BCUT2D eigenvalue weighted by Gasteiger charge is -2.29. The molecule has 3 aliphatic rings. The molecule has 0 bridgehead atoms. The predicted octanol–water partition coefficient (Wildman–Crippen LogP) is 13.9. The predicted molar refractivity (Wildman–Crippen MR) is 203 cm³/mol. The number of nitrogens with zero attached hydrogens (tertiary/aromatic N) is 1. The molecule has 2 fully saturated rings. The number of hydrogen-bond acceptors (Lipinski definition) is 2. The lowest BCUT2D eigenvalue weighted by molar-refractivity contribution is 0.443. The molecule has 0 aliphatic heterocycles. The Kier molecular flexibility index (Phi) is 7.27. The molecule has 0 radical (unpaired) electrons. The highest BCUT2D eigenvalue weighted by atomic mass is 32.1. The SMILES string of the molecule is CC1(C)c2cc(N(c3ccc(C4CCCCC4)cc3)c3ccc(C4CCCCC4)cc3)ccc2-c2ccc3sc4ccccc4c3c21. The van der Waals surface area contributed by atoms with Crippen LogP contribution < -0.4 is 4.90 Å². The summed E-state index contributed by atoms with van der Waals surface area (Å²) in [5, 5.41) is 2.84. The molecule has 9 rings (SSSR count). The van der Waals surface area contributed by atoms with E-state index in [9.17, 15) is 0 Å². The maximum Gasteiger partial charge on any atom is 0.0465 e. The van der Waals surface area contributed by atoms with E-state index in [1.807, 2.05) is 11.3 Å². The Labute approximate surface area is 284 Å². The van der Waals surface area contributed by atoms with Gasteiger partial charge in [-0.3, -0.25) is 0 Å². The van der Waals surface area contributed by atoms with Crippen molar-refractivity contribution in [3.8, 4) is 11.1 Å². The fourth-order valence-corrected chi connectivity index (χ4v) is 10.5. The molecule has 2 heteroatoms. The van der Waals surface area contributed by atoms with E-state index in [4.69, 9.17) is 0 Å². The highest BCUT2D eigenvalue weighted by molar-refractivity contribution is 7.25. The van der Waals surface area contributed by atoms with Crippen LogP contribution in [0.1, 0.15) is 112 Å². The average molecular weight is 632 g/mol. The Hall–Kier alpha value is -3.88. The van der Waals surface area contributed by atoms with Gasteiger partial charge in [0.05, 0.1) is 0 Å². The van der Waals surface area contributed by atoms with Crippen LogP contribution in [0.15, 0.2) is 103 Å². The van der Waals surface area contributed by atoms with Gasteiger partial charge in [0.2, 0.25) is 0 Å². The second-order valence-electron chi connectivity index (χ2n) is 15.0. The van der Waals surface area contributed by atoms with Crippen LogP contribution in [0.25, 0.3) is 31.3 Å². The third-order valence-electron chi connectivity index (χ3n) is 11.8. The molecule has 0 amide bonds. The van der Waals surface area contributed by atoms with E-state index < -0.39 is 0 Å². The van der Waals surface area contributed by atoms with Gasteiger partial charge >= 0.3 is 0 Å². The third kappa shape index (κ3) is 4.94. The van der Waals surface area contributed by atoms with Crippen molar-refractivity contribution in [1.82, 2.24) is 0 Å². The van der Waals surface area contributed by atoms with E-state index >= 15 is 0 Å². The summed E-state index contributed by atoms with van der Waals surface area (Å²) < 4.78 is 2.77. The minimum absolute atomic E-state index is 0.106. The highest BCUT2D eigenvalue weighted by Gasteiger charge is 2.38. The smallest absolute Gasteiger partial charge is 0.0465 e. The quantitative estimate of drug-likeness (QED) is 0.183. The van der Waals surface area contributed by atoms with Gasteiger partial charge in [0.15, 0.2) is 0 Å². The van der Waals surface area contributed by atoms with Crippen molar-refractivity contribution in [3.05, 3.63) is 125 Å². The molecule has 0 saturated heterocycles. The normalized spacial score (nSPS) is 18.0. The molecule has 1 heterocycles. The highest BCUT2D eigenvalue weighted by Crippen LogP contribution is 2.55. The molecule has 0 atom stereocenters. The van der Waals surface area contributed by atoms with Gasteiger partial charge in [0.25, 0.3) is 0 Å². The van der Waals surface area contributed by atoms with Gasteiger partial charge in [-0.2, -0.15) is 0 Å². The molecule has 0 unspecified atom stereocenters. The van der Waals surface area contributed by atoms with Crippen LogP contribution >= 0.6 is 11.3 Å². The zero-order valence-corrected chi connectivity index (χ0v) is 28.7. The van der Waals surface area contributed by atoms with E-state index in [1.165, 1.54) is 135 Å². The molecule has 236 valence electrons. The van der Waals surface area contributed by atoms with Gasteiger partial charge in [-0.1, -0.05) is 107 Å². The molecule has 1 aromatic heterocycles. The Morgan fingerprint density at radius 3 is 1.72 bits per heavy atom. The number of thiophene rings is 1. The summed E-state index contributed by atoms with van der Waals surface area (Å²) in [7, 11) is 0. The van der Waals surface area contributed by atoms with Gasteiger partial charge in [-0.15, -0.1) is 11.3 Å². The van der Waals surface area contributed by atoms with Crippen molar-refractivity contribution in [2.75, 3.05) is 4.90 Å². The standard InChI is InChI=1S/C45H45NS/c1-45(2)40-29-36(25-26-37(40)38-27-28-42-43(44(38)45)39-15-9-10-16-41(39)47-42)46(34-21-17-32(18-22-34)30-11-5-3-6-12-30)35-23-19-33(20-24-35)31-13-7-4-8-14-31/h9-10,15-31H,3-8,11-14H2,1-2H3. The van der Waals surface area contributed by atoms with Crippen LogP contribution in [0.4, 0.5) is 17.1 Å². The summed E-state index contributed by atoms with van der Waals surface area (Å²) in [5.41, 5.74) is 12.3. The first kappa shape index (κ1) is 29.3. The Morgan fingerprint density at radius 2 is 1.11 bits per heavy atom. The largest absolute Gasteiger partial charge is 0.310 e. The van der Waals surface area contributed by atoms with E-state index in [1.54, 1.807) is 0 Å². The molecular formula is C45H45NS.